The lowest BCUT2D eigenvalue weighted by molar-refractivity contribution is -0.134. The van der Waals surface area contributed by atoms with E-state index in [1.807, 2.05) is 25.7 Å². The highest BCUT2D eigenvalue weighted by Gasteiger charge is 2.43. The van der Waals surface area contributed by atoms with Crippen molar-refractivity contribution in [3.8, 4) is 0 Å². The van der Waals surface area contributed by atoms with Gasteiger partial charge in [0, 0.05) is 7.11 Å². The fourth-order valence-corrected chi connectivity index (χ4v) is 3.12. The van der Waals surface area contributed by atoms with E-state index >= 15 is 0 Å². The van der Waals surface area contributed by atoms with Crippen LogP contribution in [0.4, 0.5) is 0 Å². The molecule has 104 valence electrons. The number of nitrogens with one attached hydrogen (secondary N) is 1. The Labute approximate surface area is 110 Å². The first kappa shape index (κ1) is 13.8. The number of hydrogen-bond donors (Lipinski definition) is 1. The Kier molecular flexibility index (Phi) is 3.97. The van der Waals surface area contributed by atoms with Crippen molar-refractivity contribution in [1.82, 2.24) is 10.2 Å². The van der Waals surface area contributed by atoms with Crippen LogP contribution in [0.1, 0.15) is 46.5 Å². The Hall–Kier alpha value is -0.610. The molecule has 1 aliphatic heterocycles. The second-order valence-electron chi connectivity index (χ2n) is 6.31. The third-order valence-corrected chi connectivity index (χ3v) is 4.36. The average molecular weight is 254 g/mol. The first-order valence-electron chi connectivity index (χ1n) is 7.06. The molecule has 2 atom stereocenters. The normalized spacial score (nSPS) is 30.4. The molecule has 0 radical (unpaired) electrons. The van der Waals surface area contributed by atoms with Gasteiger partial charge in [-0.15, -0.1) is 0 Å². The molecule has 1 saturated heterocycles. The number of amides is 1. The maximum absolute atomic E-state index is 12.3. The molecule has 2 aliphatic rings. The lowest BCUT2D eigenvalue weighted by atomic mass is 10.0. The molecule has 4 nitrogen and oxygen atoms in total. The number of ether oxygens (including phenoxy) is 1. The molecular formula is C14H26N2O2. The first-order chi connectivity index (χ1) is 8.44. The topological polar surface area (TPSA) is 41.6 Å². The fraction of sp³-hybridized carbons (Fsp3) is 0.929. The highest BCUT2D eigenvalue weighted by Crippen LogP contribution is 2.32. The largest absolute Gasteiger partial charge is 0.377 e. The summed E-state index contributed by atoms with van der Waals surface area (Å²) in [5.74, 6) is 0.837. The second kappa shape index (κ2) is 5.17. The number of hydrogen-bond acceptors (Lipinski definition) is 3. The van der Waals surface area contributed by atoms with Crippen molar-refractivity contribution < 1.29 is 9.53 Å². The summed E-state index contributed by atoms with van der Waals surface area (Å²) in [6.45, 7) is 6.70. The van der Waals surface area contributed by atoms with Gasteiger partial charge in [-0.25, -0.2) is 0 Å². The molecule has 1 amide bonds. The molecule has 18 heavy (non-hydrogen) atoms. The van der Waals surface area contributed by atoms with Crippen LogP contribution >= 0.6 is 0 Å². The summed E-state index contributed by atoms with van der Waals surface area (Å²) in [7, 11) is 1.71. The summed E-state index contributed by atoms with van der Waals surface area (Å²) in [6, 6.07) is -0.0525. The minimum absolute atomic E-state index is 0.0525. The molecule has 4 heteroatoms. The lowest BCUT2D eigenvalue weighted by Gasteiger charge is -2.35. The van der Waals surface area contributed by atoms with Crippen LogP contribution in [0.3, 0.4) is 0 Å². The molecule has 0 bridgehead atoms. The summed E-state index contributed by atoms with van der Waals surface area (Å²) in [5.41, 5.74) is -0.280. The zero-order valence-corrected chi connectivity index (χ0v) is 12.0. The summed E-state index contributed by atoms with van der Waals surface area (Å²) < 4.78 is 5.47. The molecule has 1 N–H and O–H groups in total. The Bertz CT molecular complexity index is 311. The van der Waals surface area contributed by atoms with E-state index in [1.165, 1.54) is 25.7 Å². The number of carbonyl (C=O) groups excluding carboxylic acids is 1. The van der Waals surface area contributed by atoms with Gasteiger partial charge in [-0.2, -0.15) is 0 Å². The molecule has 1 saturated carbocycles. The van der Waals surface area contributed by atoms with Gasteiger partial charge >= 0.3 is 0 Å². The smallest absolute Gasteiger partial charge is 0.240 e. The van der Waals surface area contributed by atoms with E-state index in [0.29, 0.717) is 12.5 Å². The Morgan fingerprint density at radius 3 is 2.56 bits per heavy atom. The van der Waals surface area contributed by atoms with Crippen LogP contribution in [0.25, 0.3) is 0 Å². The summed E-state index contributed by atoms with van der Waals surface area (Å²) >= 11 is 0. The van der Waals surface area contributed by atoms with Crippen LogP contribution in [0, 0.1) is 5.92 Å². The quantitative estimate of drug-likeness (QED) is 0.831. The highest BCUT2D eigenvalue weighted by molar-refractivity contribution is 5.84. The third kappa shape index (κ3) is 2.69. The second-order valence-corrected chi connectivity index (χ2v) is 6.31. The zero-order valence-electron chi connectivity index (χ0n) is 12.0. The van der Waals surface area contributed by atoms with E-state index in [4.69, 9.17) is 4.74 Å². The summed E-state index contributed by atoms with van der Waals surface area (Å²) in [6.07, 6.45) is 5.28. The van der Waals surface area contributed by atoms with Crippen molar-refractivity contribution >= 4 is 5.91 Å². The van der Waals surface area contributed by atoms with E-state index in [0.717, 1.165) is 0 Å². The molecule has 2 fully saturated rings. The van der Waals surface area contributed by atoms with E-state index < -0.39 is 0 Å². The molecule has 0 spiro atoms. The summed E-state index contributed by atoms with van der Waals surface area (Å²) in [5, 5.41) is 3.46. The van der Waals surface area contributed by atoms with Gasteiger partial charge in [0.2, 0.25) is 5.91 Å². The average Bonchev–Trinajstić information content (AvgIpc) is 2.93. The van der Waals surface area contributed by atoms with Gasteiger partial charge < -0.3 is 9.64 Å². The van der Waals surface area contributed by atoms with Gasteiger partial charge in [-0.3, -0.25) is 10.1 Å². The summed E-state index contributed by atoms with van der Waals surface area (Å²) in [4.78, 5) is 14.3. The van der Waals surface area contributed by atoms with Crippen LogP contribution in [0.2, 0.25) is 0 Å². The van der Waals surface area contributed by atoms with Crippen LogP contribution in [-0.4, -0.2) is 42.3 Å². The monoisotopic (exact) mass is 254 g/mol. The molecule has 0 aromatic heterocycles. The molecule has 0 aromatic carbocycles. The van der Waals surface area contributed by atoms with Gasteiger partial charge in [0.15, 0.2) is 0 Å². The van der Waals surface area contributed by atoms with Gasteiger partial charge in [0.1, 0.15) is 0 Å². The van der Waals surface area contributed by atoms with Crippen molar-refractivity contribution in [1.29, 1.82) is 0 Å². The molecule has 2 unspecified atom stereocenters. The van der Waals surface area contributed by atoms with Gasteiger partial charge in [-0.1, -0.05) is 12.8 Å². The van der Waals surface area contributed by atoms with E-state index in [-0.39, 0.29) is 23.7 Å². The van der Waals surface area contributed by atoms with E-state index in [9.17, 15) is 4.79 Å². The molecule has 1 heterocycles. The van der Waals surface area contributed by atoms with Crippen LogP contribution in [0.5, 0.6) is 0 Å². The van der Waals surface area contributed by atoms with Crippen LogP contribution in [0.15, 0.2) is 0 Å². The predicted molar refractivity (Wildman–Crippen MR) is 71.1 cm³/mol. The fourth-order valence-electron chi connectivity index (χ4n) is 3.12. The van der Waals surface area contributed by atoms with Crippen LogP contribution in [-0.2, 0) is 9.53 Å². The van der Waals surface area contributed by atoms with Gasteiger partial charge in [0.05, 0.1) is 24.4 Å². The minimum atomic E-state index is -0.280. The SMILES string of the molecule is COC(C)(C)CN1C(=O)C(C)NC1C1CCCC1. The maximum atomic E-state index is 12.3. The van der Waals surface area contributed by atoms with E-state index in [1.54, 1.807) is 7.11 Å². The standard InChI is InChI=1S/C14H26N2O2/c1-10-13(17)16(9-14(2,3)18-4)12(15-10)11-7-5-6-8-11/h10-12,15H,5-9H2,1-4H3. The minimum Gasteiger partial charge on any atom is -0.377 e. The third-order valence-electron chi connectivity index (χ3n) is 4.36. The van der Waals surface area contributed by atoms with Crippen molar-refractivity contribution in [2.75, 3.05) is 13.7 Å². The van der Waals surface area contributed by atoms with Crippen molar-refractivity contribution in [3.63, 3.8) is 0 Å². The van der Waals surface area contributed by atoms with Crippen molar-refractivity contribution in [2.24, 2.45) is 5.92 Å². The van der Waals surface area contributed by atoms with Gasteiger partial charge in [0.25, 0.3) is 0 Å². The molecule has 0 aromatic rings. The number of nitrogens with zero attached hydrogens (tertiary/aromatic N) is 1. The van der Waals surface area contributed by atoms with Crippen LogP contribution < -0.4 is 5.32 Å². The number of methoxy groups -OCH3 is 1. The molecule has 1 aliphatic carbocycles. The highest BCUT2D eigenvalue weighted by atomic mass is 16.5. The first-order valence-corrected chi connectivity index (χ1v) is 7.06. The lowest BCUT2D eigenvalue weighted by Crippen LogP contribution is -2.49. The number of carbonyl (C=O) groups is 1. The number of rotatable bonds is 4. The predicted octanol–water partition coefficient (Wildman–Crippen LogP) is 1.75. The Balaban J connectivity index is 2.10. The molecular weight excluding hydrogens is 228 g/mol. The molecule has 2 rings (SSSR count). The van der Waals surface area contributed by atoms with Gasteiger partial charge in [-0.05, 0) is 39.5 Å². The van der Waals surface area contributed by atoms with Crippen molar-refractivity contribution in [3.05, 3.63) is 0 Å². The Morgan fingerprint density at radius 2 is 2.00 bits per heavy atom. The maximum Gasteiger partial charge on any atom is 0.240 e. The van der Waals surface area contributed by atoms with Crippen molar-refractivity contribution in [2.45, 2.75) is 64.3 Å². The van der Waals surface area contributed by atoms with E-state index in [2.05, 4.69) is 5.32 Å². The zero-order chi connectivity index (χ0) is 13.3. The Morgan fingerprint density at radius 1 is 1.39 bits per heavy atom.